The van der Waals surface area contributed by atoms with Gasteiger partial charge in [-0.15, -0.1) is 6.42 Å². The Kier molecular flexibility index (Phi) is 6.75. The minimum Gasteiger partial charge on any atom is -0.452 e. The molecule has 0 saturated heterocycles. The molecule has 0 N–H and O–H groups in total. The molecule has 0 unspecified atom stereocenters. The summed E-state index contributed by atoms with van der Waals surface area (Å²) in [6, 6.07) is 13.1. The predicted molar refractivity (Wildman–Crippen MR) is 98.4 cm³/mol. The van der Waals surface area contributed by atoms with Crippen molar-refractivity contribution in [3.8, 4) is 12.3 Å². The van der Waals surface area contributed by atoms with Crippen molar-refractivity contribution < 1.29 is 18.8 Å². The summed E-state index contributed by atoms with van der Waals surface area (Å²) in [7, 11) is 1.29. The van der Waals surface area contributed by atoms with Gasteiger partial charge >= 0.3 is 6.09 Å². The SMILES string of the molecule is C#CCN(C(=O)OC)c1ccccc1CO/N=C(\C)c1ccc(F)cc1. The van der Waals surface area contributed by atoms with Crippen molar-refractivity contribution in [2.45, 2.75) is 13.5 Å². The summed E-state index contributed by atoms with van der Waals surface area (Å²) >= 11 is 0. The maximum absolute atomic E-state index is 13.0. The highest BCUT2D eigenvalue weighted by molar-refractivity contribution is 5.98. The van der Waals surface area contributed by atoms with Crippen molar-refractivity contribution >= 4 is 17.5 Å². The molecule has 0 saturated carbocycles. The molecule has 26 heavy (non-hydrogen) atoms. The van der Waals surface area contributed by atoms with Gasteiger partial charge < -0.3 is 9.57 Å². The van der Waals surface area contributed by atoms with Crippen molar-refractivity contribution in [2.75, 3.05) is 18.6 Å². The van der Waals surface area contributed by atoms with Gasteiger partial charge in [-0.05, 0) is 30.7 Å². The maximum Gasteiger partial charge on any atom is 0.414 e. The van der Waals surface area contributed by atoms with Crippen LogP contribution in [-0.4, -0.2) is 25.5 Å². The number of amides is 1. The summed E-state index contributed by atoms with van der Waals surface area (Å²) in [5.74, 6) is 2.12. The second-order valence-electron chi connectivity index (χ2n) is 5.35. The Morgan fingerprint density at radius 3 is 2.58 bits per heavy atom. The molecule has 0 fully saturated rings. The molecule has 6 heteroatoms. The quantitative estimate of drug-likeness (QED) is 0.448. The average Bonchev–Trinajstić information content (AvgIpc) is 2.66. The second-order valence-corrected chi connectivity index (χ2v) is 5.35. The fraction of sp³-hybridized carbons (Fsp3) is 0.200. The Morgan fingerprint density at radius 2 is 1.92 bits per heavy atom. The van der Waals surface area contributed by atoms with E-state index < -0.39 is 6.09 Å². The van der Waals surface area contributed by atoms with Crippen LogP contribution in [0.5, 0.6) is 0 Å². The number of nitrogens with zero attached hydrogens (tertiary/aromatic N) is 2. The molecule has 0 radical (unpaired) electrons. The van der Waals surface area contributed by atoms with Gasteiger partial charge in [0.25, 0.3) is 0 Å². The largest absolute Gasteiger partial charge is 0.452 e. The van der Waals surface area contributed by atoms with Gasteiger partial charge in [-0.2, -0.15) is 0 Å². The molecule has 0 aliphatic heterocycles. The highest BCUT2D eigenvalue weighted by atomic mass is 19.1. The summed E-state index contributed by atoms with van der Waals surface area (Å²) in [5.41, 5.74) is 2.68. The van der Waals surface area contributed by atoms with Crippen molar-refractivity contribution in [3.63, 3.8) is 0 Å². The Hall–Kier alpha value is -3.33. The van der Waals surface area contributed by atoms with Crippen LogP contribution < -0.4 is 4.90 Å². The lowest BCUT2D eigenvalue weighted by molar-refractivity contribution is 0.130. The van der Waals surface area contributed by atoms with Gasteiger partial charge in [-0.3, -0.25) is 4.90 Å². The van der Waals surface area contributed by atoms with E-state index in [1.807, 2.05) is 12.1 Å². The lowest BCUT2D eigenvalue weighted by atomic mass is 10.1. The molecule has 2 aromatic carbocycles. The molecule has 0 aliphatic carbocycles. The van der Waals surface area contributed by atoms with Crippen molar-refractivity contribution in [2.24, 2.45) is 5.16 Å². The molecular formula is C20H19FN2O3. The van der Waals surface area contributed by atoms with Crippen molar-refractivity contribution in [1.82, 2.24) is 0 Å². The fourth-order valence-corrected chi connectivity index (χ4v) is 2.29. The predicted octanol–water partition coefficient (Wildman–Crippen LogP) is 3.97. The zero-order valence-corrected chi connectivity index (χ0v) is 14.6. The van der Waals surface area contributed by atoms with Gasteiger partial charge in [0.15, 0.2) is 0 Å². The Morgan fingerprint density at radius 1 is 1.23 bits per heavy atom. The van der Waals surface area contributed by atoms with E-state index in [-0.39, 0.29) is 19.0 Å². The van der Waals surface area contributed by atoms with E-state index in [1.165, 1.54) is 24.1 Å². The number of ether oxygens (including phenoxy) is 1. The summed E-state index contributed by atoms with van der Waals surface area (Å²) in [6.07, 6.45) is 4.79. The highest BCUT2D eigenvalue weighted by Gasteiger charge is 2.18. The zero-order valence-electron chi connectivity index (χ0n) is 14.6. The van der Waals surface area contributed by atoms with Crippen molar-refractivity contribution in [1.29, 1.82) is 0 Å². The van der Waals surface area contributed by atoms with Gasteiger partial charge in [0, 0.05) is 5.56 Å². The van der Waals surface area contributed by atoms with E-state index in [0.717, 1.165) is 11.1 Å². The lowest BCUT2D eigenvalue weighted by Crippen LogP contribution is -2.31. The van der Waals surface area contributed by atoms with Crippen LogP contribution in [0.25, 0.3) is 0 Å². The molecule has 0 heterocycles. The van der Waals surface area contributed by atoms with Gasteiger partial charge in [-0.1, -0.05) is 41.4 Å². The molecule has 5 nitrogen and oxygen atoms in total. The molecule has 2 aromatic rings. The third kappa shape index (κ3) is 4.84. The number of oxime groups is 1. The van der Waals surface area contributed by atoms with E-state index in [0.29, 0.717) is 11.4 Å². The number of rotatable bonds is 6. The van der Waals surface area contributed by atoms with E-state index in [9.17, 15) is 9.18 Å². The van der Waals surface area contributed by atoms with Gasteiger partial charge in [0.1, 0.15) is 12.4 Å². The first-order valence-corrected chi connectivity index (χ1v) is 7.86. The summed E-state index contributed by atoms with van der Waals surface area (Å²) in [6.45, 7) is 1.96. The number of carbonyl (C=O) groups excluding carboxylic acids is 1. The third-order valence-corrected chi connectivity index (χ3v) is 3.61. The molecule has 0 aromatic heterocycles. The van der Waals surface area contributed by atoms with Crippen LogP contribution in [0.2, 0.25) is 0 Å². The Balaban J connectivity index is 2.15. The number of halogens is 1. The van der Waals surface area contributed by atoms with Crippen LogP contribution >= 0.6 is 0 Å². The molecule has 0 spiro atoms. The first-order valence-electron chi connectivity index (χ1n) is 7.86. The van der Waals surface area contributed by atoms with E-state index >= 15 is 0 Å². The topological polar surface area (TPSA) is 51.1 Å². The lowest BCUT2D eigenvalue weighted by Gasteiger charge is -2.21. The van der Waals surface area contributed by atoms with Crippen LogP contribution in [0.3, 0.4) is 0 Å². The minimum atomic E-state index is -0.554. The minimum absolute atomic E-state index is 0.0710. The molecular weight excluding hydrogens is 335 g/mol. The fourth-order valence-electron chi connectivity index (χ4n) is 2.29. The van der Waals surface area contributed by atoms with Crippen LogP contribution in [0, 0.1) is 18.2 Å². The van der Waals surface area contributed by atoms with Crippen LogP contribution in [0.1, 0.15) is 18.1 Å². The number of para-hydroxylation sites is 1. The number of hydrogen-bond acceptors (Lipinski definition) is 4. The third-order valence-electron chi connectivity index (χ3n) is 3.61. The summed E-state index contributed by atoms with van der Waals surface area (Å²) < 4.78 is 17.8. The smallest absolute Gasteiger partial charge is 0.414 e. The van der Waals surface area contributed by atoms with Crippen molar-refractivity contribution in [3.05, 3.63) is 65.5 Å². The number of anilines is 1. The molecule has 2 rings (SSSR count). The number of benzene rings is 2. The highest BCUT2D eigenvalue weighted by Crippen LogP contribution is 2.22. The molecule has 1 amide bonds. The second kappa shape index (κ2) is 9.23. The first-order chi connectivity index (χ1) is 12.6. The van der Waals surface area contributed by atoms with Gasteiger partial charge in [0.05, 0.1) is 25.1 Å². The average molecular weight is 354 g/mol. The van der Waals surface area contributed by atoms with Crippen LogP contribution in [0.15, 0.2) is 53.7 Å². The number of carbonyl (C=O) groups is 1. The number of terminal acetylenes is 1. The van der Waals surface area contributed by atoms with E-state index in [2.05, 4.69) is 11.1 Å². The van der Waals surface area contributed by atoms with Gasteiger partial charge in [-0.25, -0.2) is 9.18 Å². The van der Waals surface area contributed by atoms with Gasteiger partial charge in [0.2, 0.25) is 0 Å². The van der Waals surface area contributed by atoms with Crippen LogP contribution in [0.4, 0.5) is 14.9 Å². The first kappa shape index (κ1) is 19.0. The van der Waals surface area contributed by atoms with E-state index in [4.69, 9.17) is 16.0 Å². The normalized spacial score (nSPS) is 10.8. The number of methoxy groups -OCH3 is 1. The molecule has 0 aliphatic rings. The number of hydrogen-bond donors (Lipinski definition) is 0. The summed E-state index contributed by atoms with van der Waals surface area (Å²) in [5, 5.41) is 4.05. The maximum atomic E-state index is 13.0. The Labute approximate surface area is 152 Å². The Bertz CT molecular complexity index is 826. The zero-order chi connectivity index (χ0) is 18.9. The van der Waals surface area contributed by atoms with E-state index in [1.54, 1.807) is 31.2 Å². The molecule has 0 atom stereocenters. The molecule has 0 bridgehead atoms. The summed E-state index contributed by atoms with van der Waals surface area (Å²) in [4.78, 5) is 18.7. The van der Waals surface area contributed by atoms with Crippen LogP contribution in [-0.2, 0) is 16.2 Å². The molecule has 134 valence electrons. The monoisotopic (exact) mass is 354 g/mol. The standard InChI is InChI=1S/C20H19FN2O3/c1-4-13-23(20(24)25-3)19-8-6-5-7-17(19)14-26-22-15(2)16-9-11-18(21)12-10-16/h1,5-12H,13-14H2,2-3H3/b22-15+.